The van der Waals surface area contributed by atoms with Crippen LogP contribution >= 0.6 is 0 Å². The van der Waals surface area contributed by atoms with Crippen LogP contribution in [-0.4, -0.2) is 61.4 Å². The highest BCUT2D eigenvalue weighted by molar-refractivity contribution is 5.90. The van der Waals surface area contributed by atoms with E-state index < -0.39 is 17.9 Å². The summed E-state index contributed by atoms with van der Waals surface area (Å²) >= 11 is 0. The average molecular weight is 396 g/mol. The molecule has 3 rings (SSSR count). The molecule has 154 valence electrons. The molecule has 0 bridgehead atoms. The van der Waals surface area contributed by atoms with Crippen LogP contribution in [-0.2, 0) is 9.59 Å². The first-order valence-electron chi connectivity index (χ1n) is 9.49. The summed E-state index contributed by atoms with van der Waals surface area (Å²) in [6.45, 7) is 2.35. The van der Waals surface area contributed by atoms with E-state index in [9.17, 15) is 18.4 Å². The van der Waals surface area contributed by atoms with Crippen molar-refractivity contribution in [3.8, 4) is 11.5 Å². The number of halogens is 2. The topological polar surface area (TPSA) is 59.1 Å². The maximum Gasteiger partial charge on any atom is 0.251 e. The van der Waals surface area contributed by atoms with Gasteiger partial charge in [0.15, 0.2) is 11.5 Å². The van der Waals surface area contributed by atoms with Gasteiger partial charge in [0.2, 0.25) is 11.8 Å². The maximum atomic E-state index is 13.5. The van der Waals surface area contributed by atoms with Gasteiger partial charge in [0, 0.05) is 38.9 Å². The molecule has 2 heterocycles. The zero-order valence-electron chi connectivity index (χ0n) is 16.4. The molecule has 6 nitrogen and oxygen atoms in total. The lowest BCUT2D eigenvalue weighted by molar-refractivity contribution is -0.142. The van der Waals surface area contributed by atoms with Gasteiger partial charge in [-0.1, -0.05) is 6.07 Å². The second-order valence-electron chi connectivity index (χ2n) is 7.23. The molecule has 0 radical (unpaired) electrons. The Balaban J connectivity index is 1.90. The number of carbonyl (C=O) groups is 2. The van der Waals surface area contributed by atoms with Gasteiger partial charge in [0.25, 0.3) is 5.92 Å². The number of amides is 2. The lowest BCUT2D eigenvalue weighted by Gasteiger charge is -2.35. The molecule has 2 aliphatic heterocycles. The quantitative estimate of drug-likeness (QED) is 0.768. The second-order valence-corrected chi connectivity index (χ2v) is 7.23. The van der Waals surface area contributed by atoms with E-state index in [0.717, 1.165) is 5.56 Å². The van der Waals surface area contributed by atoms with Gasteiger partial charge < -0.3 is 19.3 Å². The molecule has 0 saturated carbocycles. The van der Waals surface area contributed by atoms with Gasteiger partial charge >= 0.3 is 0 Å². The highest BCUT2D eigenvalue weighted by Gasteiger charge is 2.47. The number of ether oxygens (including phenoxy) is 2. The number of piperidine rings is 1. The summed E-state index contributed by atoms with van der Waals surface area (Å²) in [6.07, 6.45) is -0.589. The summed E-state index contributed by atoms with van der Waals surface area (Å²) in [5.41, 5.74) is 0.769. The standard InChI is InChI=1S/C20H26F2N2O4/c1-4-24-17(25)12-14(19(26)23-9-7-20(21,22)8-10-23)18(24)13-5-6-15(27-2)16(11-13)28-3/h5-6,11,14,18H,4,7-10,12H2,1-3H3/t14-,18+/m1/s1. The molecule has 0 aliphatic carbocycles. The Kier molecular flexibility index (Phi) is 5.76. The van der Waals surface area contributed by atoms with Crippen molar-refractivity contribution >= 4 is 11.8 Å². The van der Waals surface area contributed by atoms with E-state index in [4.69, 9.17) is 9.47 Å². The Bertz CT molecular complexity index is 746. The molecule has 0 N–H and O–H groups in total. The summed E-state index contributed by atoms with van der Waals surface area (Å²) < 4.78 is 37.6. The molecule has 2 aliphatic rings. The summed E-state index contributed by atoms with van der Waals surface area (Å²) in [5.74, 6) is -2.60. The van der Waals surface area contributed by atoms with Gasteiger partial charge in [-0.15, -0.1) is 0 Å². The minimum Gasteiger partial charge on any atom is -0.493 e. The molecule has 1 aromatic rings. The van der Waals surface area contributed by atoms with Crippen LogP contribution in [0.25, 0.3) is 0 Å². The number of rotatable bonds is 5. The Hall–Kier alpha value is -2.38. The third-order valence-corrected chi connectivity index (χ3v) is 5.65. The second kappa shape index (κ2) is 7.93. The van der Waals surface area contributed by atoms with Crippen LogP contribution in [0.3, 0.4) is 0 Å². The molecule has 2 amide bonds. The van der Waals surface area contributed by atoms with Crippen molar-refractivity contribution in [1.29, 1.82) is 0 Å². The van der Waals surface area contributed by atoms with Crippen LogP contribution in [0, 0.1) is 5.92 Å². The highest BCUT2D eigenvalue weighted by Crippen LogP contribution is 2.42. The van der Waals surface area contributed by atoms with Crippen molar-refractivity contribution in [3.05, 3.63) is 23.8 Å². The fourth-order valence-electron chi connectivity index (χ4n) is 4.12. The van der Waals surface area contributed by atoms with E-state index in [-0.39, 0.29) is 44.2 Å². The van der Waals surface area contributed by atoms with Gasteiger partial charge in [-0.3, -0.25) is 9.59 Å². The van der Waals surface area contributed by atoms with Gasteiger partial charge in [-0.2, -0.15) is 0 Å². The normalized spacial score (nSPS) is 24.4. The summed E-state index contributed by atoms with van der Waals surface area (Å²) in [5, 5.41) is 0. The molecule has 2 fully saturated rings. The van der Waals surface area contributed by atoms with Crippen molar-refractivity contribution in [3.63, 3.8) is 0 Å². The first kappa shape index (κ1) is 20.4. The molecule has 8 heteroatoms. The minimum atomic E-state index is -2.72. The summed E-state index contributed by atoms with van der Waals surface area (Å²) in [6, 6.07) is 4.88. The van der Waals surface area contributed by atoms with E-state index in [1.165, 1.54) is 19.1 Å². The van der Waals surface area contributed by atoms with Crippen molar-refractivity contribution in [2.75, 3.05) is 33.9 Å². The van der Waals surface area contributed by atoms with Crippen molar-refractivity contribution in [2.45, 2.75) is 38.2 Å². The van der Waals surface area contributed by atoms with Crippen LogP contribution in [0.5, 0.6) is 11.5 Å². The molecule has 2 atom stereocenters. The van der Waals surface area contributed by atoms with Gasteiger partial charge in [-0.25, -0.2) is 8.78 Å². The lowest BCUT2D eigenvalue weighted by atomic mass is 9.91. The minimum absolute atomic E-state index is 0.0152. The Morgan fingerprint density at radius 1 is 1.18 bits per heavy atom. The van der Waals surface area contributed by atoms with E-state index in [2.05, 4.69) is 0 Å². The zero-order chi connectivity index (χ0) is 20.5. The Labute approximate surface area is 163 Å². The molecule has 0 aromatic heterocycles. The summed E-state index contributed by atoms with van der Waals surface area (Å²) in [4.78, 5) is 28.8. The predicted molar refractivity (Wildman–Crippen MR) is 98.5 cm³/mol. The third-order valence-electron chi connectivity index (χ3n) is 5.65. The van der Waals surface area contributed by atoms with Crippen LogP contribution in [0.2, 0.25) is 0 Å². The highest BCUT2D eigenvalue weighted by atomic mass is 19.3. The first-order valence-corrected chi connectivity index (χ1v) is 9.49. The van der Waals surface area contributed by atoms with Crippen molar-refractivity contribution in [2.24, 2.45) is 5.92 Å². The number of nitrogens with zero attached hydrogens (tertiary/aromatic N) is 2. The molecule has 0 unspecified atom stereocenters. The molecular formula is C20H26F2N2O4. The SMILES string of the molecule is CCN1C(=O)C[C@@H](C(=O)N2CCC(F)(F)CC2)[C@@H]1c1ccc(OC)c(OC)c1. The lowest BCUT2D eigenvalue weighted by Crippen LogP contribution is -2.46. The smallest absolute Gasteiger partial charge is 0.251 e. The molecular weight excluding hydrogens is 370 g/mol. The fraction of sp³-hybridized carbons (Fsp3) is 0.600. The Morgan fingerprint density at radius 3 is 2.39 bits per heavy atom. The van der Waals surface area contributed by atoms with E-state index in [1.807, 2.05) is 13.0 Å². The van der Waals surface area contributed by atoms with E-state index in [1.54, 1.807) is 17.0 Å². The largest absolute Gasteiger partial charge is 0.493 e. The average Bonchev–Trinajstić information content (AvgIpc) is 3.03. The fourth-order valence-corrected chi connectivity index (χ4v) is 4.12. The van der Waals surface area contributed by atoms with Gasteiger partial charge in [0.1, 0.15) is 0 Å². The van der Waals surface area contributed by atoms with Gasteiger partial charge in [0.05, 0.1) is 26.2 Å². The monoisotopic (exact) mass is 396 g/mol. The number of hydrogen-bond donors (Lipinski definition) is 0. The number of carbonyl (C=O) groups excluding carboxylic acids is 2. The molecule has 1 aromatic carbocycles. The molecule has 2 saturated heterocycles. The van der Waals surface area contributed by atoms with Crippen LogP contribution in [0.15, 0.2) is 18.2 Å². The van der Waals surface area contributed by atoms with Gasteiger partial charge in [-0.05, 0) is 24.6 Å². The first-order chi connectivity index (χ1) is 13.3. The zero-order valence-corrected chi connectivity index (χ0v) is 16.4. The van der Waals surface area contributed by atoms with Crippen LogP contribution < -0.4 is 9.47 Å². The third kappa shape index (κ3) is 3.77. The number of methoxy groups -OCH3 is 2. The molecule has 0 spiro atoms. The summed E-state index contributed by atoms with van der Waals surface area (Å²) in [7, 11) is 3.06. The van der Waals surface area contributed by atoms with E-state index >= 15 is 0 Å². The molecule has 28 heavy (non-hydrogen) atoms. The number of hydrogen-bond acceptors (Lipinski definition) is 4. The maximum absolute atomic E-state index is 13.5. The van der Waals surface area contributed by atoms with Crippen molar-refractivity contribution in [1.82, 2.24) is 9.80 Å². The Morgan fingerprint density at radius 2 is 1.82 bits per heavy atom. The number of benzene rings is 1. The number of alkyl halides is 2. The van der Waals surface area contributed by atoms with Crippen molar-refractivity contribution < 1.29 is 27.8 Å². The van der Waals surface area contributed by atoms with Crippen LogP contribution in [0.1, 0.15) is 37.8 Å². The van der Waals surface area contributed by atoms with Crippen LogP contribution in [0.4, 0.5) is 8.78 Å². The van der Waals surface area contributed by atoms with E-state index in [0.29, 0.717) is 18.0 Å². The predicted octanol–water partition coefficient (Wildman–Crippen LogP) is 2.87. The number of likely N-dealkylation sites (tertiary alicyclic amines) is 2.